The summed E-state index contributed by atoms with van der Waals surface area (Å²) >= 11 is 2.64. The first-order valence-corrected chi connectivity index (χ1v) is 16.6. The molecule has 262 valence electrons. The number of aromatic nitrogens is 6. The largest absolute Gasteiger partial charge is 0.481 e. The van der Waals surface area contributed by atoms with Gasteiger partial charge < -0.3 is 34.9 Å². The summed E-state index contributed by atoms with van der Waals surface area (Å²) in [7, 11) is 3.13. The van der Waals surface area contributed by atoms with Crippen LogP contribution in [0, 0.1) is 0 Å². The second-order valence-corrected chi connectivity index (χ2v) is 12.8. The number of thiazole rings is 2. The molecule has 4 aromatic heterocycles. The molecular formula is C30H38N10O7S2. The van der Waals surface area contributed by atoms with Gasteiger partial charge in [0.15, 0.2) is 16.5 Å². The Labute approximate surface area is 290 Å². The number of ether oxygens (including phenoxy) is 4. The summed E-state index contributed by atoms with van der Waals surface area (Å²) in [6, 6.07) is 4.01. The van der Waals surface area contributed by atoms with E-state index >= 15 is 0 Å². The average molecular weight is 715 g/mol. The third kappa shape index (κ3) is 11.4. The van der Waals surface area contributed by atoms with Crippen LogP contribution in [0.2, 0.25) is 0 Å². The molecule has 0 spiro atoms. The molecule has 4 aromatic rings. The molecule has 4 atom stereocenters. The van der Waals surface area contributed by atoms with Crippen molar-refractivity contribution in [3.05, 3.63) is 46.9 Å². The molecule has 2 aliphatic heterocycles. The molecule has 19 heteroatoms. The molecule has 2 aliphatic rings. The maximum absolute atomic E-state index is 11.0. The Hall–Kier alpha value is -4.85. The molecular weight excluding hydrogens is 677 g/mol. The smallest absolute Gasteiger partial charge is 0.223 e. The van der Waals surface area contributed by atoms with Crippen LogP contribution >= 0.6 is 22.7 Å². The van der Waals surface area contributed by atoms with Crippen molar-refractivity contribution in [3.63, 3.8) is 0 Å². The van der Waals surface area contributed by atoms with Gasteiger partial charge in [-0.1, -0.05) is 11.3 Å². The van der Waals surface area contributed by atoms with Crippen molar-refractivity contribution >= 4 is 51.0 Å². The SMILES string of the molecule is CC(=O)Nc1ncc(C=O)s1.COc1cc(O[C@H]2CN(Cc3cnc(NC(C)=O)s3)[C@@H]2C)ncn1.COc1cc(O[C@H]2CN[C@@H]2C)ncn1. The quantitative estimate of drug-likeness (QED) is 0.191. The summed E-state index contributed by atoms with van der Waals surface area (Å²) in [5, 5.41) is 9.46. The standard InChI is InChI=1S/C15H19N5O3S.C9H13N3O2.C6H6N2O2S/c1-9-12(23-14-4-13(22-3)17-8-18-14)7-20(9)6-11-5-16-15(24-11)19-10(2)21;1-6-7(4-10-6)14-9-3-8(13-2)11-5-12-9;1-4(10)8-6-7-2-5(3-9)11-6/h4-5,8-9,12H,6-7H2,1-3H3,(H,16,19,21);3,5-7,10H,4H2,1-2H3;2-3H,1H3,(H,7,8,10)/t9-,12+;6-,7+;/m11./s1. The van der Waals surface area contributed by atoms with Gasteiger partial charge in [0.1, 0.15) is 24.9 Å². The lowest BCUT2D eigenvalue weighted by molar-refractivity contribution is -0.115. The Morgan fingerprint density at radius 1 is 0.857 bits per heavy atom. The van der Waals surface area contributed by atoms with E-state index in [-0.39, 0.29) is 30.1 Å². The van der Waals surface area contributed by atoms with E-state index in [4.69, 9.17) is 18.9 Å². The van der Waals surface area contributed by atoms with Crippen molar-refractivity contribution < 1.29 is 33.3 Å². The number of hydrogen-bond acceptors (Lipinski definition) is 17. The van der Waals surface area contributed by atoms with E-state index in [1.807, 2.05) is 0 Å². The van der Waals surface area contributed by atoms with E-state index in [2.05, 4.69) is 64.6 Å². The Bertz CT molecular complexity index is 1690. The Morgan fingerprint density at radius 3 is 1.88 bits per heavy atom. The lowest BCUT2D eigenvalue weighted by Crippen LogP contribution is -2.60. The van der Waals surface area contributed by atoms with Crippen LogP contribution in [0.3, 0.4) is 0 Å². The van der Waals surface area contributed by atoms with Gasteiger partial charge in [0.25, 0.3) is 0 Å². The van der Waals surface area contributed by atoms with Crippen molar-refractivity contribution in [3.8, 4) is 23.5 Å². The predicted molar refractivity (Wildman–Crippen MR) is 182 cm³/mol. The Balaban J connectivity index is 0.000000183. The first kappa shape index (κ1) is 37.0. The van der Waals surface area contributed by atoms with Gasteiger partial charge >= 0.3 is 0 Å². The summed E-state index contributed by atoms with van der Waals surface area (Å²) in [5.74, 6) is 1.80. The summed E-state index contributed by atoms with van der Waals surface area (Å²) in [6.07, 6.45) is 7.06. The highest BCUT2D eigenvalue weighted by atomic mass is 32.1. The maximum Gasteiger partial charge on any atom is 0.223 e. The lowest BCUT2D eigenvalue weighted by Gasteiger charge is -2.45. The second-order valence-electron chi connectivity index (χ2n) is 10.7. The number of methoxy groups -OCH3 is 2. The van der Waals surface area contributed by atoms with Crippen molar-refractivity contribution in [2.24, 2.45) is 0 Å². The summed E-state index contributed by atoms with van der Waals surface area (Å²) in [4.78, 5) is 59.5. The second kappa shape index (κ2) is 18.1. The fraction of sp³-hybridized carbons (Fsp3) is 0.433. The number of aldehydes is 1. The predicted octanol–water partition coefficient (Wildman–Crippen LogP) is 2.69. The van der Waals surface area contributed by atoms with E-state index in [0.717, 1.165) is 35.8 Å². The minimum Gasteiger partial charge on any atom is -0.481 e. The van der Waals surface area contributed by atoms with Gasteiger partial charge in [-0.25, -0.2) is 29.9 Å². The highest BCUT2D eigenvalue weighted by Gasteiger charge is 2.37. The number of carbonyl (C=O) groups excluding carboxylic acids is 3. The minimum atomic E-state index is -0.184. The maximum atomic E-state index is 11.0. The van der Waals surface area contributed by atoms with Gasteiger partial charge in [0, 0.05) is 56.6 Å². The fourth-order valence-corrected chi connectivity index (χ4v) is 5.79. The van der Waals surface area contributed by atoms with Gasteiger partial charge in [0.2, 0.25) is 35.3 Å². The molecule has 0 radical (unpaired) electrons. The van der Waals surface area contributed by atoms with E-state index < -0.39 is 0 Å². The molecule has 17 nitrogen and oxygen atoms in total. The van der Waals surface area contributed by atoms with E-state index in [9.17, 15) is 14.4 Å². The number of nitrogens with zero attached hydrogens (tertiary/aromatic N) is 7. The van der Waals surface area contributed by atoms with Crippen LogP contribution in [0.5, 0.6) is 23.5 Å². The van der Waals surface area contributed by atoms with Gasteiger partial charge in [-0.15, -0.1) is 11.3 Å². The van der Waals surface area contributed by atoms with Crippen LogP contribution in [0.4, 0.5) is 10.3 Å². The zero-order valence-corrected chi connectivity index (χ0v) is 29.4. The number of amides is 2. The molecule has 0 unspecified atom stereocenters. The number of rotatable bonds is 11. The van der Waals surface area contributed by atoms with Crippen molar-refractivity contribution in [2.75, 3.05) is 37.9 Å². The zero-order valence-electron chi connectivity index (χ0n) is 27.8. The first-order valence-electron chi connectivity index (χ1n) is 15.0. The molecule has 0 saturated carbocycles. The van der Waals surface area contributed by atoms with Crippen LogP contribution in [0.15, 0.2) is 37.2 Å². The summed E-state index contributed by atoms with van der Waals surface area (Å²) in [5.41, 5.74) is 0. The Kier molecular flexibility index (Phi) is 13.6. The van der Waals surface area contributed by atoms with Crippen molar-refractivity contribution in [2.45, 2.75) is 58.5 Å². The summed E-state index contributed by atoms with van der Waals surface area (Å²) < 4.78 is 21.5. The topological polar surface area (TPSA) is 205 Å². The van der Waals surface area contributed by atoms with Gasteiger partial charge in [-0.2, -0.15) is 0 Å². The molecule has 0 bridgehead atoms. The van der Waals surface area contributed by atoms with Crippen molar-refractivity contribution in [1.29, 1.82) is 0 Å². The first-order chi connectivity index (χ1) is 23.6. The number of nitrogens with one attached hydrogen (secondary N) is 3. The highest BCUT2D eigenvalue weighted by molar-refractivity contribution is 7.17. The molecule has 2 amide bonds. The lowest BCUT2D eigenvalue weighted by atomic mass is 10.0. The number of hydrogen-bond donors (Lipinski definition) is 3. The van der Waals surface area contributed by atoms with Crippen molar-refractivity contribution in [1.82, 2.24) is 40.1 Å². The number of anilines is 2. The minimum absolute atomic E-state index is 0.0762. The molecule has 2 fully saturated rings. The Morgan fingerprint density at radius 2 is 1.41 bits per heavy atom. The molecule has 6 heterocycles. The summed E-state index contributed by atoms with van der Waals surface area (Å²) in [6.45, 7) is 9.51. The van der Waals surface area contributed by atoms with Gasteiger partial charge in [-0.05, 0) is 13.8 Å². The normalized spacial score (nSPS) is 19.2. The molecule has 0 aliphatic carbocycles. The van der Waals surface area contributed by atoms with Gasteiger partial charge in [-0.3, -0.25) is 19.3 Å². The van der Waals surface area contributed by atoms with Crippen LogP contribution in [0.1, 0.15) is 42.2 Å². The molecule has 0 aromatic carbocycles. The molecule has 2 saturated heterocycles. The monoisotopic (exact) mass is 714 g/mol. The molecule has 6 rings (SSSR count). The third-order valence-corrected chi connectivity index (χ3v) is 8.78. The van der Waals surface area contributed by atoms with E-state index in [1.54, 1.807) is 32.5 Å². The van der Waals surface area contributed by atoms with E-state index in [1.165, 1.54) is 44.0 Å². The van der Waals surface area contributed by atoms with Crippen LogP contribution in [-0.2, 0) is 16.1 Å². The molecule has 3 N–H and O–H groups in total. The van der Waals surface area contributed by atoms with Crippen LogP contribution < -0.4 is 34.9 Å². The highest BCUT2D eigenvalue weighted by Crippen LogP contribution is 2.28. The molecule has 49 heavy (non-hydrogen) atoms. The van der Waals surface area contributed by atoms with Gasteiger partial charge in [0.05, 0.1) is 37.4 Å². The average Bonchev–Trinajstić information content (AvgIpc) is 3.74. The number of likely N-dealkylation sites (tertiary alicyclic amines) is 1. The van der Waals surface area contributed by atoms with E-state index in [0.29, 0.717) is 51.0 Å². The fourth-order valence-electron chi connectivity index (χ4n) is 4.23. The third-order valence-electron chi connectivity index (χ3n) is 7.04. The zero-order chi connectivity index (χ0) is 35.3. The number of carbonyl (C=O) groups is 3. The van der Waals surface area contributed by atoms with Crippen LogP contribution in [0.25, 0.3) is 0 Å². The van der Waals surface area contributed by atoms with Crippen LogP contribution in [-0.4, -0.2) is 105 Å².